The van der Waals surface area contributed by atoms with Crippen LogP contribution in [-0.4, -0.2) is 29.3 Å². The fraction of sp³-hybridized carbons (Fsp3) is 0.769. The zero-order chi connectivity index (χ0) is 24.8. The van der Waals surface area contributed by atoms with E-state index >= 15 is 0 Å². The third-order valence-electron chi connectivity index (χ3n) is 6.92. The van der Waals surface area contributed by atoms with E-state index in [1.165, 1.54) is 14.7 Å². The van der Waals surface area contributed by atoms with Crippen LogP contribution in [-0.2, 0) is 8.85 Å². The molecule has 0 aromatic heterocycles. The van der Waals surface area contributed by atoms with Gasteiger partial charge in [0.2, 0.25) is 0 Å². The lowest BCUT2D eigenvalue weighted by atomic mass is 9.99. The Kier molecular flexibility index (Phi) is 12.3. The number of allylic oxidation sites excluding steroid dienone is 3. The van der Waals surface area contributed by atoms with Crippen LogP contribution < -0.4 is 0 Å². The Labute approximate surface area is 210 Å². The molecule has 0 saturated heterocycles. The number of rotatable bonds is 10. The first-order chi connectivity index (χ1) is 13.7. The molecular formula is C26H51IO2Si2. The van der Waals surface area contributed by atoms with E-state index in [0.717, 1.165) is 13.0 Å². The summed E-state index contributed by atoms with van der Waals surface area (Å²) >= 11 is 2.37. The summed E-state index contributed by atoms with van der Waals surface area (Å²) in [7, 11) is -3.58. The molecule has 31 heavy (non-hydrogen) atoms. The van der Waals surface area contributed by atoms with Gasteiger partial charge in [0.1, 0.15) is 0 Å². The fourth-order valence-corrected chi connectivity index (χ4v) is 5.58. The van der Waals surface area contributed by atoms with Crippen molar-refractivity contribution in [1.29, 1.82) is 0 Å². The van der Waals surface area contributed by atoms with E-state index in [2.05, 4.69) is 136 Å². The molecule has 0 spiro atoms. The normalized spacial score (nSPS) is 17.7. The minimum absolute atomic E-state index is 0.0895. The van der Waals surface area contributed by atoms with Crippen LogP contribution in [0.25, 0.3) is 0 Å². The Balaban J connectivity index is 5.61. The van der Waals surface area contributed by atoms with E-state index < -0.39 is 16.6 Å². The summed E-state index contributed by atoms with van der Waals surface area (Å²) in [6.07, 6.45) is 8.02. The molecule has 5 heteroatoms. The van der Waals surface area contributed by atoms with Crippen molar-refractivity contribution in [3.63, 3.8) is 0 Å². The maximum absolute atomic E-state index is 6.91. The molecule has 0 fully saturated rings. The van der Waals surface area contributed by atoms with Gasteiger partial charge in [-0.2, -0.15) is 0 Å². The Morgan fingerprint density at radius 2 is 1.35 bits per heavy atom. The molecule has 0 saturated carbocycles. The summed E-state index contributed by atoms with van der Waals surface area (Å²) in [5.41, 5.74) is 2.66. The van der Waals surface area contributed by atoms with Gasteiger partial charge in [0.15, 0.2) is 16.6 Å². The van der Waals surface area contributed by atoms with E-state index in [0.29, 0.717) is 5.92 Å². The predicted molar refractivity (Wildman–Crippen MR) is 154 cm³/mol. The maximum atomic E-state index is 6.91. The molecule has 0 aromatic rings. The molecule has 0 aliphatic heterocycles. The van der Waals surface area contributed by atoms with Crippen molar-refractivity contribution in [1.82, 2.24) is 0 Å². The van der Waals surface area contributed by atoms with Gasteiger partial charge in [0, 0.05) is 12.5 Å². The Bertz CT molecular complexity index is 658. The highest BCUT2D eigenvalue weighted by Gasteiger charge is 2.40. The quantitative estimate of drug-likeness (QED) is 0.111. The highest BCUT2D eigenvalue weighted by atomic mass is 127. The molecule has 2 atom stereocenters. The lowest BCUT2D eigenvalue weighted by Crippen LogP contribution is -2.45. The lowest BCUT2D eigenvalue weighted by molar-refractivity contribution is 0.188. The first-order valence-corrected chi connectivity index (χ1v) is 18.6. The first-order valence-electron chi connectivity index (χ1n) is 11.7. The molecule has 0 heterocycles. The minimum atomic E-state index is -1.88. The van der Waals surface area contributed by atoms with E-state index in [-0.39, 0.29) is 16.2 Å². The number of hydrogen-bond acceptors (Lipinski definition) is 2. The number of halogens is 1. The first kappa shape index (κ1) is 31.3. The highest BCUT2D eigenvalue weighted by Crippen LogP contribution is 2.39. The molecule has 0 amide bonds. The van der Waals surface area contributed by atoms with Gasteiger partial charge in [-0.05, 0) is 89.6 Å². The lowest BCUT2D eigenvalue weighted by Gasteiger charge is -2.40. The topological polar surface area (TPSA) is 18.5 Å². The summed E-state index contributed by atoms with van der Waals surface area (Å²) in [6, 6.07) is 0. The smallest absolute Gasteiger partial charge is 0.192 e. The molecule has 0 aliphatic carbocycles. The van der Waals surface area contributed by atoms with E-state index in [4.69, 9.17) is 8.85 Å². The second-order valence-electron chi connectivity index (χ2n) is 12.2. The van der Waals surface area contributed by atoms with Crippen molar-refractivity contribution < 1.29 is 8.85 Å². The molecule has 0 radical (unpaired) electrons. The minimum Gasteiger partial charge on any atom is -0.417 e. The average Bonchev–Trinajstić information content (AvgIpc) is 2.50. The predicted octanol–water partition coefficient (Wildman–Crippen LogP) is 9.66. The standard InChI is InChI=1S/C26H51IO2Si2/c1-20(15-16-28-30(11,12)25(5,6)7)19-24(29-31(13,14)26(8,9)10)22(3)17-21(2)18-23(4)27/h17-19,22,24H,15-16H2,1-14H3/b20-19+,21-17-,23-18-/t22-,24+/m1/s1. The second kappa shape index (κ2) is 12.1. The van der Waals surface area contributed by atoms with Gasteiger partial charge < -0.3 is 8.85 Å². The van der Waals surface area contributed by atoms with Crippen molar-refractivity contribution in [2.45, 2.75) is 118 Å². The van der Waals surface area contributed by atoms with Crippen LogP contribution in [0.15, 0.2) is 33.0 Å². The van der Waals surface area contributed by atoms with Gasteiger partial charge in [-0.25, -0.2) is 0 Å². The molecule has 0 rings (SSSR count). The van der Waals surface area contributed by atoms with Crippen LogP contribution in [0, 0.1) is 5.92 Å². The molecular weight excluding hydrogens is 527 g/mol. The molecule has 0 unspecified atom stereocenters. The average molecular weight is 579 g/mol. The van der Waals surface area contributed by atoms with Gasteiger partial charge in [-0.3, -0.25) is 0 Å². The summed E-state index contributed by atoms with van der Waals surface area (Å²) in [6.45, 7) is 32.8. The molecule has 0 N–H and O–H groups in total. The van der Waals surface area contributed by atoms with Gasteiger partial charge in [-0.15, -0.1) is 0 Å². The SMILES string of the molecule is C/C(I)=C/C(C)=C\[C@@H](C)[C@H](/C=C(\C)CCO[Si](C)(C)C(C)(C)C)O[Si](C)(C)C(C)(C)C. The van der Waals surface area contributed by atoms with Crippen LogP contribution >= 0.6 is 22.6 Å². The van der Waals surface area contributed by atoms with E-state index in [1.807, 2.05) is 0 Å². The van der Waals surface area contributed by atoms with Crippen molar-refractivity contribution >= 4 is 39.2 Å². The third kappa shape index (κ3) is 11.3. The molecule has 0 aliphatic rings. The Hall–Kier alpha value is 0.304. The van der Waals surface area contributed by atoms with Gasteiger partial charge in [0.25, 0.3) is 0 Å². The summed E-state index contributed by atoms with van der Waals surface area (Å²) in [5.74, 6) is 0.317. The monoisotopic (exact) mass is 578 g/mol. The molecule has 2 nitrogen and oxygen atoms in total. The number of hydrogen-bond donors (Lipinski definition) is 0. The van der Waals surface area contributed by atoms with Crippen LogP contribution in [0.5, 0.6) is 0 Å². The fourth-order valence-electron chi connectivity index (χ4n) is 2.73. The molecule has 0 bridgehead atoms. The Morgan fingerprint density at radius 3 is 1.77 bits per heavy atom. The van der Waals surface area contributed by atoms with Crippen LogP contribution in [0.4, 0.5) is 0 Å². The van der Waals surface area contributed by atoms with Crippen molar-refractivity contribution in [2.24, 2.45) is 5.92 Å². The van der Waals surface area contributed by atoms with Gasteiger partial charge >= 0.3 is 0 Å². The summed E-state index contributed by atoms with van der Waals surface area (Å²) < 4.78 is 14.6. The van der Waals surface area contributed by atoms with E-state index in [9.17, 15) is 0 Å². The van der Waals surface area contributed by atoms with Gasteiger partial charge in [-0.1, -0.05) is 77.8 Å². The summed E-state index contributed by atoms with van der Waals surface area (Å²) in [5, 5.41) is 0.440. The van der Waals surface area contributed by atoms with Crippen LogP contribution in [0.2, 0.25) is 36.3 Å². The largest absolute Gasteiger partial charge is 0.417 e. The zero-order valence-corrected chi connectivity index (χ0v) is 27.2. The van der Waals surface area contributed by atoms with Crippen LogP contribution in [0.3, 0.4) is 0 Å². The highest BCUT2D eigenvalue weighted by molar-refractivity contribution is 14.1. The second-order valence-corrected chi connectivity index (χ2v) is 23.5. The van der Waals surface area contributed by atoms with Gasteiger partial charge in [0.05, 0.1) is 6.10 Å². The van der Waals surface area contributed by atoms with Crippen LogP contribution in [0.1, 0.15) is 75.7 Å². The van der Waals surface area contributed by atoms with Crippen molar-refractivity contribution in [2.75, 3.05) is 6.61 Å². The molecule has 182 valence electrons. The van der Waals surface area contributed by atoms with E-state index in [1.54, 1.807) is 0 Å². The molecule has 0 aromatic carbocycles. The Morgan fingerprint density at radius 1 is 0.871 bits per heavy atom. The summed E-state index contributed by atoms with van der Waals surface area (Å²) in [4.78, 5) is 0. The maximum Gasteiger partial charge on any atom is 0.192 e. The van der Waals surface area contributed by atoms with Crippen molar-refractivity contribution in [3.8, 4) is 0 Å². The zero-order valence-electron chi connectivity index (χ0n) is 23.0. The third-order valence-corrected chi connectivity index (χ3v) is 16.2. The van der Waals surface area contributed by atoms with Crippen molar-refractivity contribution in [3.05, 3.63) is 33.0 Å².